The van der Waals surface area contributed by atoms with Gasteiger partial charge in [-0.2, -0.15) is 0 Å². The molecule has 146 valence electrons. The molecule has 1 aliphatic rings. The molecule has 9 heteroatoms. The third-order valence-corrected chi connectivity index (χ3v) is 4.08. The van der Waals surface area contributed by atoms with Crippen LogP contribution in [0.25, 0.3) is 0 Å². The van der Waals surface area contributed by atoms with Crippen LogP contribution in [0.4, 0.5) is 10.1 Å². The molecule has 3 amide bonds. The van der Waals surface area contributed by atoms with Gasteiger partial charge in [-0.15, -0.1) is 0 Å². The summed E-state index contributed by atoms with van der Waals surface area (Å²) in [5.41, 5.74) is 0.721. The molecule has 0 saturated carbocycles. The van der Waals surface area contributed by atoms with E-state index >= 15 is 0 Å². The van der Waals surface area contributed by atoms with E-state index in [-0.39, 0.29) is 30.2 Å². The number of halogens is 1. The van der Waals surface area contributed by atoms with Gasteiger partial charge in [0.25, 0.3) is 5.91 Å². The fraction of sp³-hybridized carbons (Fsp3) is 0.444. The molecule has 1 aromatic rings. The van der Waals surface area contributed by atoms with Crippen LogP contribution in [-0.4, -0.2) is 41.4 Å². The molecule has 4 N–H and O–H groups in total. The summed E-state index contributed by atoms with van der Waals surface area (Å²) in [7, 11) is 0. The number of nitrogens with one attached hydrogen (secondary N) is 3. The molecule has 1 atom stereocenters. The van der Waals surface area contributed by atoms with Gasteiger partial charge in [0.2, 0.25) is 11.8 Å². The Morgan fingerprint density at radius 1 is 1.26 bits per heavy atom. The number of aryl methyl sites for hydroxylation is 1. The third kappa shape index (κ3) is 5.50. The van der Waals surface area contributed by atoms with Gasteiger partial charge in [0.05, 0.1) is 12.1 Å². The highest BCUT2D eigenvalue weighted by molar-refractivity contribution is 5.99. The average molecular weight is 379 g/mol. The van der Waals surface area contributed by atoms with E-state index in [2.05, 4.69) is 16.0 Å². The maximum absolute atomic E-state index is 14.1. The normalized spacial score (nSPS) is 14.1. The maximum atomic E-state index is 14.1. The molecule has 1 aliphatic heterocycles. The zero-order chi connectivity index (χ0) is 20.1. The number of hydrogen-bond acceptors (Lipinski definition) is 4. The number of anilines is 1. The van der Waals surface area contributed by atoms with Gasteiger partial charge in [-0.1, -0.05) is 13.8 Å². The molecule has 0 radical (unpaired) electrons. The molecule has 0 spiro atoms. The first kappa shape index (κ1) is 20.3. The Balaban J connectivity index is 1.98. The lowest BCUT2D eigenvalue weighted by Crippen LogP contribution is -2.46. The van der Waals surface area contributed by atoms with Crippen LogP contribution in [0.2, 0.25) is 0 Å². The second-order valence-electron chi connectivity index (χ2n) is 6.81. The largest absolute Gasteiger partial charge is 0.480 e. The first-order valence-electron chi connectivity index (χ1n) is 8.60. The van der Waals surface area contributed by atoms with Gasteiger partial charge in [-0.3, -0.25) is 14.4 Å². The molecule has 2 rings (SSSR count). The van der Waals surface area contributed by atoms with Crippen LogP contribution in [-0.2, 0) is 20.8 Å². The summed E-state index contributed by atoms with van der Waals surface area (Å²) in [5.74, 6) is -3.61. The summed E-state index contributed by atoms with van der Waals surface area (Å²) >= 11 is 0. The number of aliphatic carboxylic acids is 1. The minimum Gasteiger partial charge on any atom is -0.480 e. The smallest absolute Gasteiger partial charge is 0.326 e. The first-order chi connectivity index (χ1) is 12.7. The second-order valence-corrected chi connectivity index (χ2v) is 6.81. The molecule has 8 nitrogen and oxygen atoms in total. The quantitative estimate of drug-likeness (QED) is 0.564. The Morgan fingerprint density at radius 3 is 2.59 bits per heavy atom. The monoisotopic (exact) mass is 379 g/mol. The molecule has 0 saturated heterocycles. The molecule has 0 unspecified atom stereocenters. The van der Waals surface area contributed by atoms with Gasteiger partial charge >= 0.3 is 5.97 Å². The van der Waals surface area contributed by atoms with E-state index in [1.807, 2.05) is 13.8 Å². The van der Waals surface area contributed by atoms with Crippen LogP contribution < -0.4 is 16.0 Å². The van der Waals surface area contributed by atoms with Crippen LogP contribution in [0.1, 0.15) is 42.6 Å². The number of hydrogen-bond donors (Lipinski definition) is 4. The van der Waals surface area contributed by atoms with Crippen molar-refractivity contribution < 1.29 is 28.7 Å². The van der Waals surface area contributed by atoms with Crippen molar-refractivity contribution >= 4 is 29.4 Å². The van der Waals surface area contributed by atoms with Crippen molar-refractivity contribution in [2.45, 2.75) is 39.2 Å². The highest BCUT2D eigenvalue weighted by Crippen LogP contribution is 2.25. The van der Waals surface area contributed by atoms with Crippen LogP contribution in [0.5, 0.6) is 0 Å². The summed E-state index contributed by atoms with van der Waals surface area (Å²) in [6.45, 7) is 3.17. The Bertz CT molecular complexity index is 779. The molecule has 1 heterocycles. The van der Waals surface area contributed by atoms with Crippen LogP contribution in [0.15, 0.2) is 12.1 Å². The van der Waals surface area contributed by atoms with Crippen molar-refractivity contribution in [2.75, 3.05) is 11.9 Å². The lowest BCUT2D eigenvalue weighted by atomic mass is 9.99. The van der Waals surface area contributed by atoms with Crippen molar-refractivity contribution in [1.29, 1.82) is 0 Å². The van der Waals surface area contributed by atoms with E-state index in [4.69, 9.17) is 5.11 Å². The van der Waals surface area contributed by atoms with Crippen LogP contribution in [0, 0.1) is 11.7 Å². The SMILES string of the molecule is CC(C)C[C@H](NC(=O)CNC(=O)c1cc2c(cc1F)NC(=O)CC2)C(=O)O. The Kier molecular flexibility index (Phi) is 6.49. The maximum Gasteiger partial charge on any atom is 0.326 e. The van der Waals surface area contributed by atoms with E-state index < -0.39 is 36.2 Å². The summed E-state index contributed by atoms with van der Waals surface area (Å²) in [4.78, 5) is 46.6. The lowest BCUT2D eigenvalue weighted by molar-refractivity contribution is -0.142. The van der Waals surface area contributed by atoms with Crippen molar-refractivity contribution in [3.8, 4) is 0 Å². The van der Waals surface area contributed by atoms with Gasteiger partial charge in [0.1, 0.15) is 11.9 Å². The van der Waals surface area contributed by atoms with E-state index in [0.717, 1.165) is 6.07 Å². The zero-order valence-electron chi connectivity index (χ0n) is 15.1. The van der Waals surface area contributed by atoms with E-state index in [1.54, 1.807) is 0 Å². The average Bonchev–Trinajstić information content (AvgIpc) is 2.57. The standard InChI is InChI=1S/C18H22FN3O5/c1-9(2)5-14(18(26)27)22-16(24)8-20-17(25)11-6-10-3-4-15(23)21-13(10)7-12(11)19/h6-7,9,14H,3-5,8H2,1-2H3,(H,20,25)(H,21,23)(H,22,24)(H,26,27)/t14-/m0/s1. The van der Waals surface area contributed by atoms with Crippen molar-refractivity contribution in [3.05, 3.63) is 29.1 Å². The summed E-state index contributed by atoms with van der Waals surface area (Å²) in [6.07, 6.45) is 0.881. The van der Waals surface area contributed by atoms with Crippen molar-refractivity contribution in [2.24, 2.45) is 5.92 Å². The van der Waals surface area contributed by atoms with Gasteiger partial charge in [0, 0.05) is 12.1 Å². The summed E-state index contributed by atoms with van der Waals surface area (Å²) in [5, 5.41) is 16.3. The molecule has 1 aromatic carbocycles. The molecular weight excluding hydrogens is 357 g/mol. The minimum atomic E-state index is -1.16. The van der Waals surface area contributed by atoms with Crippen LogP contribution in [0.3, 0.4) is 0 Å². The fourth-order valence-corrected chi connectivity index (χ4v) is 2.77. The van der Waals surface area contributed by atoms with Crippen LogP contribution >= 0.6 is 0 Å². The number of carbonyl (C=O) groups excluding carboxylic acids is 3. The first-order valence-corrected chi connectivity index (χ1v) is 8.60. The van der Waals surface area contributed by atoms with Crippen molar-refractivity contribution in [3.63, 3.8) is 0 Å². The topological polar surface area (TPSA) is 125 Å². The molecule has 0 aromatic heterocycles. The predicted molar refractivity (Wildman–Crippen MR) is 94.7 cm³/mol. The number of amides is 3. The van der Waals surface area contributed by atoms with Gasteiger partial charge in [-0.05, 0) is 36.5 Å². The molecule has 0 fully saturated rings. The Hall–Kier alpha value is -2.97. The predicted octanol–water partition coefficient (Wildman–Crippen LogP) is 1.06. The number of fused-ring (bicyclic) bond motifs is 1. The van der Waals surface area contributed by atoms with E-state index in [1.165, 1.54) is 6.07 Å². The number of carboxylic acid groups (broad SMARTS) is 1. The molecule has 0 bridgehead atoms. The number of carboxylic acids is 1. The molecule has 27 heavy (non-hydrogen) atoms. The zero-order valence-corrected chi connectivity index (χ0v) is 15.1. The highest BCUT2D eigenvalue weighted by Gasteiger charge is 2.23. The Morgan fingerprint density at radius 2 is 1.96 bits per heavy atom. The second kappa shape index (κ2) is 8.61. The molecule has 0 aliphatic carbocycles. The third-order valence-electron chi connectivity index (χ3n) is 4.08. The van der Waals surface area contributed by atoms with Gasteiger partial charge in [0.15, 0.2) is 0 Å². The lowest BCUT2D eigenvalue weighted by Gasteiger charge is -2.18. The fourth-order valence-electron chi connectivity index (χ4n) is 2.77. The number of benzene rings is 1. The highest BCUT2D eigenvalue weighted by atomic mass is 19.1. The summed E-state index contributed by atoms with van der Waals surface area (Å²) in [6, 6.07) is 1.36. The van der Waals surface area contributed by atoms with Gasteiger partial charge < -0.3 is 21.1 Å². The Labute approximate surface area is 155 Å². The van der Waals surface area contributed by atoms with E-state index in [0.29, 0.717) is 17.7 Å². The van der Waals surface area contributed by atoms with E-state index in [9.17, 15) is 23.6 Å². The molecular formula is C18H22FN3O5. The van der Waals surface area contributed by atoms with Gasteiger partial charge in [-0.25, -0.2) is 9.18 Å². The number of rotatable bonds is 7. The number of carbonyl (C=O) groups is 4. The summed E-state index contributed by atoms with van der Waals surface area (Å²) < 4.78 is 14.1. The van der Waals surface area contributed by atoms with Crippen molar-refractivity contribution in [1.82, 2.24) is 10.6 Å². The minimum absolute atomic E-state index is 0.0612.